The molecule has 0 aromatic heterocycles. The standard InChI is InChI=1S/C7H7/c1-3-5-7-6-4-2/h1,5H,7H2,2H3. The van der Waals surface area contributed by atoms with Crippen LogP contribution >= 0.6 is 0 Å². The third-order valence-corrected chi connectivity index (χ3v) is 0.499. The van der Waals surface area contributed by atoms with E-state index < -0.39 is 0 Å². The van der Waals surface area contributed by atoms with Crippen LogP contribution in [0.1, 0.15) is 13.3 Å². The molecule has 0 nitrogen and oxygen atoms in total. The highest BCUT2D eigenvalue weighted by molar-refractivity contribution is 5.09. The molecule has 35 valence electrons. The first-order valence-electron chi connectivity index (χ1n) is 2.09. The lowest BCUT2D eigenvalue weighted by molar-refractivity contribution is 1.38. The van der Waals surface area contributed by atoms with Crippen LogP contribution in [-0.4, -0.2) is 0 Å². The molecular weight excluding hydrogens is 84.1 g/mol. The van der Waals surface area contributed by atoms with Crippen LogP contribution in [0.15, 0.2) is 0 Å². The van der Waals surface area contributed by atoms with Gasteiger partial charge in [0.05, 0.1) is 0 Å². The maximum absolute atomic E-state index is 4.90. The van der Waals surface area contributed by atoms with E-state index in [1.807, 2.05) is 0 Å². The maximum Gasteiger partial charge on any atom is 0.0456 e. The average Bonchev–Trinajstić information content (AvgIpc) is 1.69. The molecule has 0 heterocycles. The molecule has 0 saturated carbocycles. The van der Waals surface area contributed by atoms with E-state index in [0.717, 1.165) is 0 Å². The molecule has 7 heavy (non-hydrogen) atoms. The van der Waals surface area contributed by atoms with Gasteiger partial charge in [-0.15, -0.1) is 24.2 Å². The highest BCUT2D eigenvalue weighted by Crippen LogP contribution is 1.77. The molecule has 0 spiro atoms. The molecule has 0 fully saturated rings. The van der Waals surface area contributed by atoms with E-state index >= 15 is 0 Å². The summed E-state index contributed by atoms with van der Waals surface area (Å²) in [5.74, 6) is 7.90. The summed E-state index contributed by atoms with van der Waals surface area (Å²) in [6.07, 6.45) is 7.30. The fraction of sp³-hybridized carbons (Fsp3) is 0.286. The Bertz CT molecular complexity index is 115. The van der Waals surface area contributed by atoms with Crippen LogP contribution in [-0.2, 0) is 0 Å². The van der Waals surface area contributed by atoms with Crippen LogP contribution in [0.25, 0.3) is 0 Å². The Morgan fingerprint density at radius 3 is 2.86 bits per heavy atom. The van der Waals surface area contributed by atoms with Gasteiger partial charge in [0.1, 0.15) is 0 Å². The molecule has 0 bridgehead atoms. The minimum Gasteiger partial charge on any atom is -0.120 e. The first kappa shape index (κ1) is 6.12. The van der Waals surface area contributed by atoms with Crippen molar-refractivity contribution in [1.82, 2.24) is 0 Å². The van der Waals surface area contributed by atoms with Crippen LogP contribution in [0, 0.1) is 30.6 Å². The Morgan fingerprint density at radius 2 is 2.43 bits per heavy atom. The van der Waals surface area contributed by atoms with Crippen molar-refractivity contribution in [2.24, 2.45) is 0 Å². The third-order valence-electron chi connectivity index (χ3n) is 0.499. The number of hydrogen-bond donors (Lipinski definition) is 0. The second-order valence-corrected chi connectivity index (χ2v) is 1.00. The molecule has 0 aliphatic carbocycles. The van der Waals surface area contributed by atoms with Crippen LogP contribution in [0.5, 0.6) is 0 Å². The fourth-order valence-electron chi connectivity index (χ4n) is 0.212. The lowest BCUT2D eigenvalue weighted by atomic mass is 10.3. The van der Waals surface area contributed by atoms with E-state index in [9.17, 15) is 0 Å². The van der Waals surface area contributed by atoms with E-state index in [4.69, 9.17) is 6.42 Å². The minimum atomic E-state index is 0.715. The van der Waals surface area contributed by atoms with Gasteiger partial charge < -0.3 is 0 Å². The van der Waals surface area contributed by atoms with E-state index in [1.54, 1.807) is 13.3 Å². The summed E-state index contributed by atoms with van der Waals surface area (Å²) in [5.41, 5.74) is 0. The van der Waals surface area contributed by atoms with E-state index in [0.29, 0.717) is 6.42 Å². The molecule has 0 unspecified atom stereocenters. The van der Waals surface area contributed by atoms with Gasteiger partial charge in [-0.05, 0) is 6.92 Å². The zero-order chi connectivity index (χ0) is 5.54. The summed E-state index contributed by atoms with van der Waals surface area (Å²) in [6, 6.07) is 0. The summed E-state index contributed by atoms with van der Waals surface area (Å²) in [4.78, 5) is 0. The number of terminal acetylenes is 1. The van der Waals surface area contributed by atoms with Crippen molar-refractivity contribution < 1.29 is 0 Å². The Kier molecular flexibility index (Phi) is 4.48. The third kappa shape index (κ3) is 5.12. The van der Waals surface area contributed by atoms with Crippen molar-refractivity contribution in [2.45, 2.75) is 13.3 Å². The Hall–Kier alpha value is -0.880. The zero-order valence-electron chi connectivity index (χ0n) is 4.36. The number of hydrogen-bond acceptors (Lipinski definition) is 0. The largest absolute Gasteiger partial charge is 0.120 e. The smallest absolute Gasteiger partial charge is 0.0456 e. The van der Waals surface area contributed by atoms with Gasteiger partial charge in [-0.3, -0.25) is 0 Å². The maximum atomic E-state index is 4.90. The molecule has 0 aromatic carbocycles. The minimum absolute atomic E-state index is 0.715. The second kappa shape index (κ2) is 5.12. The monoisotopic (exact) mass is 91.1 g/mol. The quantitative estimate of drug-likeness (QED) is 0.336. The lowest BCUT2D eigenvalue weighted by Crippen LogP contribution is -1.62. The predicted molar refractivity (Wildman–Crippen MR) is 31.2 cm³/mol. The van der Waals surface area contributed by atoms with Gasteiger partial charge in [-0.25, -0.2) is 0 Å². The molecular formula is C7H7. The van der Waals surface area contributed by atoms with Crippen molar-refractivity contribution in [1.29, 1.82) is 0 Å². The van der Waals surface area contributed by atoms with Gasteiger partial charge in [-0.1, -0.05) is 0 Å². The van der Waals surface area contributed by atoms with E-state index in [-0.39, 0.29) is 0 Å². The molecule has 0 amide bonds. The Morgan fingerprint density at radius 1 is 1.71 bits per heavy atom. The number of rotatable bonds is 1. The molecule has 0 aromatic rings. The molecule has 0 rings (SSSR count). The average molecular weight is 91.1 g/mol. The van der Waals surface area contributed by atoms with Crippen molar-refractivity contribution in [3.63, 3.8) is 0 Å². The summed E-state index contributed by atoms with van der Waals surface area (Å²) in [6.45, 7) is 1.80. The highest BCUT2D eigenvalue weighted by Gasteiger charge is 1.68. The van der Waals surface area contributed by atoms with Gasteiger partial charge in [0.25, 0.3) is 0 Å². The van der Waals surface area contributed by atoms with Crippen LogP contribution < -0.4 is 0 Å². The summed E-state index contributed by atoms with van der Waals surface area (Å²) in [7, 11) is 0. The normalized spacial score (nSPS) is 5.71. The molecule has 0 N–H and O–H groups in total. The molecule has 0 aliphatic rings. The topological polar surface area (TPSA) is 0 Å². The molecule has 0 heteroatoms. The van der Waals surface area contributed by atoms with Crippen LogP contribution in [0.2, 0.25) is 0 Å². The van der Waals surface area contributed by atoms with E-state index in [1.165, 1.54) is 0 Å². The molecule has 0 saturated heterocycles. The van der Waals surface area contributed by atoms with Crippen molar-refractivity contribution in [3.05, 3.63) is 6.42 Å². The SMILES string of the molecule is C#C[CH]CC#CC. The summed E-state index contributed by atoms with van der Waals surface area (Å²) in [5, 5.41) is 0. The Balaban J connectivity index is 2.98. The van der Waals surface area contributed by atoms with Crippen LogP contribution in [0.3, 0.4) is 0 Å². The highest BCUT2D eigenvalue weighted by atomic mass is 13.7. The molecule has 0 atom stereocenters. The first-order chi connectivity index (χ1) is 3.41. The molecule has 0 aliphatic heterocycles. The fourth-order valence-corrected chi connectivity index (χ4v) is 0.212. The molecule has 1 radical (unpaired) electrons. The second-order valence-electron chi connectivity index (χ2n) is 1.00. The summed E-state index contributed by atoms with van der Waals surface area (Å²) < 4.78 is 0. The predicted octanol–water partition coefficient (Wildman–Crippen LogP) is 1.24. The lowest BCUT2D eigenvalue weighted by Gasteiger charge is -1.71. The first-order valence-corrected chi connectivity index (χ1v) is 2.09. The van der Waals surface area contributed by atoms with Gasteiger partial charge in [-0.2, -0.15) is 0 Å². The van der Waals surface area contributed by atoms with Crippen molar-refractivity contribution in [3.8, 4) is 24.2 Å². The number of unbranched alkanes of at least 4 members (excludes halogenated alkanes) is 1. The van der Waals surface area contributed by atoms with Gasteiger partial charge in [0.15, 0.2) is 0 Å². The van der Waals surface area contributed by atoms with E-state index in [2.05, 4.69) is 17.8 Å². The van der Waals surface area contributed by atoms with Gasteiger partial charge in [0, 0.05) is 12.8 Å². The Labute approximate surface area is 44.9 Å². The van der Waals surface area contributed by atoms with Crippen molar-refractivity contribution >= 4 is 0 Å². The van der Waals surface area contributed by atoms with Crippen LogP contribution in [0.4, 0.5) is 0 Å². The van der Waals surface area contributed by atoms with Gasteiger partial charge >= 0.3 is 0 Å². The van der Waals surface area contributed by atoms with Crippen molar-refractivity contribution in [2.75, 3.05) is 0 Å². The van der Waals surface area contributed by atoms with Gasteiger partial charge in [0.2, 0.25) is 0 Å². The summed E-state index contributed by atoms with van der Waals surface area (Å²) >= 11 is 0. The zero-order valence-corrected chi connectivity index (χ0v) is 4.36.